The third kappa shape index (κ3) is 4.01. The van der Waals surface area contributed by atoms with Gasteiger partial charge in [0.25, 0.3) is 15.9 Å². The number of hydrogen-bond donors (Lipinski definition) is 1. The maximum atomic E-state index is 12.9. The summed E-state index contributed by atoms with van der Waals surface area (Å²) in [4.78, 5) is 11.9. The van der Waals surface area contributed by atoms with Crippen molar-refractivity contribution in [3.05, 3.63) is 70.2 Å². The van der Waals surface area contributed by atoms with E-state index in [2.05, 4.69) is 10.3 Å². The second-order valence-electron chi connectivity index (χ2n) is 5.06. The highest BCUT2D eigenvalue weighted by Crippen LogP contribution is 2.21. The summed E-state index contributed by atoms with van der Waals surface area (Å²) >= 11 is 11.8. The second kappa shape index (κ2) is 7.02. The molecule has 0 radical (unpaired) electrons. The van der Waals surface area contributed by atoms with Crippen molar-refractivity contribution >= 4 is 39.1 Å². The van der Waals surface area contributed by atoms with Crippen LogP contribution in [0.25, 0.3) is 5.69 Å². The minimum atomic E-state index is -4.18. The Bertz CT molecular complexity index is 1060. The highest BCUT2D eigenvalue weighted by Gasteiger charge is 2.21. The first kappa shape index (κ1) is 18.3. The molecule has 0 spiro atoms. The monoisotopic (exact) mass is 414 g/mol. The van der Waals surface area contributed by atoms with Crippen LogP contribution in [0.2, 0.25) is 10.0 Å². The Balaban J connectivity index is 1.83. The van der Waals surface area contributed by atoms with E-state index in [4.69, 9.17) is 23.2 Å². The number of hydrogen-bond acceptors (Lipinski definition) is 5. The molecule has 134 valence electrons. The van der Waals surface area contributed by atoms with Crippen LogP contribution < -0.4 is 4.72 Å². The van der Waals surface area contributed by atoms with Gasteiger partial charge in [-0.2, -0.15) is 0 Å². The lowest BCUT2D eigenvalue weighted by Gasteiger charge is -2.05. The van der Waals surface area contributed by atoms with Crippen molar-refractivity contribution in [1.29, 1.82) is 0 Å². The van der Waals surface area contributed by atoms with Gasteiger partial charge in [-0.05, 0) is 42.5 Å². The van der Waals surface area contributed by atoms with Crippen molar-refractivity contribution in [1.82, 2.24) is 19.7 Å². The molecule has 0 unspecified atom stereocenters. The van der Waals surface area contributed by atoms with Crippen LogP contribution in [0.4, 0.5) is 4.39 Å². The molecule has 0 atom stereocenters. The molecule has 3 rings (SSSR count). The van der Waals surface area contributed by atoms with Gasteiger partial charge in [0.05, 0.1) is 16.8 Å². The summed E-state index contributed by atoms with van der Waals surface area (Å²) in [5, 5.41) is 8.09. The highest BCUT2D eigenvalue weighted by molar-refractivity contribution is 7.90. The Hall–Kier alpha value is -2.49. The molecule has 2 aromatic carbocycles. The fourth-order valence-electron chi connectivity index (χ4n) is 2.01. The third-order valence-corrected chi connectivity index (χ3v) is 4.97. The molecule has 1 amide bonds. The van der Waals surface area contributed by atoms with Crippen molar-refractivity contribution < 1.29 is 17.6 Å². The van der Waals surface area contributed by atoms with Gasteiger partial charge in [-0.1, -0.05) is 28.4 Å². The van der Waals surface area contributed by atoms with Gasteiger partial charge in [0.1, 0.15) is 5.82 Å². The van der Waals surface area contributed by atoms with E-state index in [-0.39, 0.29) is 10.6 Å². The minimum Gasteiger partial charge on any atom is -0.266 e. The Morgan fingerprint density at radius 1 is 1.08 bits per heavy atom. The molecule has 0 saturated carbocycles. The van der Waals surface area contributed by atoms with E-state index in [1.807, 2.05) is 4.72 Å². The summed E-state index contributed by atoms with van der Waals surface area (Å²) in [5.74, 6) is -1.59. The molecule has 1 aromatic heterocycles. The van der Waals surface area contributed by atoms with Crippen LogP contribution in [-0.2, 0) is 10.0 Å². The number of carbonyl (C=O) groups is 1. The van der Waals surface area contributed by atoms with Gasteiger partial charge < -0.3 is 0 Å². The number of amides is 1. The van der Waals surface area contributed by atoms with E-state index in [0.29, 0.717) is 15.7 Å². The zero-order chi connectivity index (χ0) is 18.9. The molecule has 11 heteroatoms. The molecule has 0 bridgehead atoms. The standard InChI is InChI=1S/C15H9Cl2FN4O3S/c16-9-5-10(17)7-12(6-9)22-8-14(19-21-22)15(23)20-26(24,25)13-3-1-11(18)2-4-13/h1-8H,(H,20,23). The van der Waals surface area contributed by atoms with Gasteiger partial charge in [-0.3, -0.25) is 4.79 Å². The highest BCUT2D eigenvalue weighted by atomic mass is 35.5. The van der Waals surface area contributed by atoms with E-state index < -0.39 is 21.7 Å². The molecule has 7 nitrogen and oxygen atoms in total. The van der Waals surface area contributed by atoms with E-state index in [1.165, 1.54) is 16.9 Å². The topological polar surface area (TPSA) is 94.0 Å². The lowest BCUT2D eigenvalue weighted by Crippen LogP contribution is -2.30. The van der Waals surface area contributed by atoms with E-state index in [9.17, 15) is 17.6 Å². The van der Waals surface area contributed by atoms with Crippen molar-refractivity contribution in [3.8, 4) is 5.69 Å². The number of benzene rings is 2. The average molecular weight is 415 g/mol. The SMILES string of the molecule is O=C(NS(=O)(=O)c1ccc(F)cc1)c1cn(-c2cc(Cl)cc(Cl)c2)nn1. The predicted molar refractivity (Wildman–Crippen MR) is 92.4 cm³/mol. The molecular weight excluding hydrogens is 406 g/mol. The molecule has 0 aliphatic heterocycles. The van der Waals surface area contributed by atoms with Crippen molar-refractivity contribution in [2.75, 3.05) is 0 Å². The first-order chi connectivity index (χ1) is 12.2. The number of nitrogens with zero attached hydrogens (tertiary/aromatic N) is 3. The smallest absolute Gasteiger partial charge is 0.266 e. The molecule has 0 fully saturated rings. The van der Waals surface area contributed by atoms with Crippen LogP contribution >= 0.6 is 23.2 Å². The van der Waals surface area contributed by atoms with Gasteiger partial charge in [0.2, 0.25) is 0 Å². The zero-order valence-corrected chi connectivity index (χ0v) is 15.1. The number of rotatable bonds is 4. The summed E-state index contributed by atoms with van der Waals surface area (Å²) in [5.41, 5.74) is 0.197. The van der Waals surface area contributed by atoms with E-state index in [1.54, 1.807) is 12.1 Å². The molecule has 26 heavy (non-hydrogen) atoms. The Morgan fingerprint density at radius 2 is 1.69 bits per heavy atom. The fourth-order valence-corrected chi connectivity index (χ4v) is 3.49. The number of halogens is 3. The van der Waals surface area contributed by atoms with Crippen molar-refractivity contribution in [2.45, 2.75) is 4.90 Å². The summed E-state index contributed by atoms with van der Waals surface area (Å²) in [6, 6.07) is 8.62. The second-order valence-corrected chi connectivity index (χ2v) is 7.62. The first-order valence-electron chi connectivity index (χ1n) is 6.96. The van der Waals surface area contributed by atoms with Crippen molar-refractivity contribution in [2.24, 2.45) is 0 Å². The predicted octanol–water partition coefficient (Wildman–Crippen LogP) is 2.83. The molecule has 1 heterocycles. The maximum absolute atomic E-state index is 12.9. The van der Waals surface area contributed by atoms with E-state index >= 15 is 0 Å². The van der Waals surface area contributed by atoms with Crippen LogP contribution in [-0.4, -0.2) is 29.3 Å². The molecule has 0 aliphatic carbocycles. The summed E-state index contributed by atoms with van der Waals surface area (Å²) in [7, 11) is -4.18. The van der Waals surface area contributed by atoms with Crippen molar-refractivity contribution in [3.63, 3.8) is 0 Å². The summed E-state index contributed by atoms with van der Waals surface area (Å²) < 4.78 is 40.3. The largest absolute Gasteiger partial charge is 0.287 e. The Morgan fingerprint density at radius 3 is 2.31 bits per heavy atom. The molecule has 0 saturated heterocycles. The van der Waals surface area contributed by atoms with E-state index in [0.717, 1.165) is 24.3 Å². The van der Waals surface area contributed by atoms with Crippen LogP contribution in [0, 0.1) is 5.82 Å². The molecule has 0 aliphatic rings. The van der Waals surface area contributed by atoms with Gasteiger partial charge in [0, 0.05) is 10.0 Å². The van der Waals surface area contributed by atoms with Gasteiger partial charge in [-0.25, -0.2) is 22.2 Å². The number of aromatic nitrogens is 3. The molecule has 1 N–H and O–H groups in total. The lowest BCUT2D eigenvalue weighted by atomic mass is 10.3. The first-order valence-corrected chi connectivity index (χ1v) is 9.20. The number of carbonyl (C=O) groups excluding carboxylic acids is 1. The average Bonchev–Trinajstić information content (AvgIpc) is 3.04. The van der Waals surface area contributed by atoms with Gasteiger partial charge in [0.15, 0.2) is 5.69 Å². The summed E-state index contributed by atoms with van der Waals surface area (Å²) in [6.45, 7) is 0. The quantitative estimate of drug-likeness (QED) is 0.708. The van der Waals surface area contributed by atoms with Crippen LogP contribution in [0.5, 0.6) is 0 Å². The maximum Gasteiger partial charge on any atom is 0.287 e. The third-order valence-electron chi connectivity index (χ3n) is 3.19. The molecule has 3 aromatic rings. The normalized spacial score (nSPS) is 11.3. The minimum absolute atomic E-state index is 0.244. The number of nitrogens with one attached hydrogen (secondary N) is 1. The Labute approximate surface area is 157 Å². The van der Waals surface area contributed by atoms with Gasteiger partial charge >= 0.3 is 0 Å². The van der Waals surface area contributed by atoms with Crippen LogP contribution in [0.3, 0.4) is 0 Å². The van der Waals surface area contributed by atoms with Gasteiger partial charge in [-0.15, -0.1) is 5.10 Å². The summed E-state index contributed by atoms with van der Waals surface area (Å²) in [6.07, 6.45) is 1.22. The van der Waals surface area contributed by atoms with Crippen LogP contribution in [0.15, 0.2) is 53.6 Å². The molecular formula is C15H9Cl2FN4O3S. The Kier molecular flexibility index (Phi) is 4.94. The number of sulfonamides is 1. The zero-order valence-electron chi connectivity index (χ0n) is 12.7. The van der Waals surface area contributed by atoms with Crippen LogP contribution in [0.1, 0.15) is 10.5 Å². The lowest BCUT2D eigenvalue weighted by molar-refractivity contribution is 0.0976. The fraction of sp³-hybridized carbons (Fsp3) is 0.